The van der Waals surface area contributed by atoms with Crippen LogP contribution in [0.2, 0.25) is 0 Å². The van der Waals surface area contributed by atoms with E-state index in [4.69, 9.17) is 5.73 Å². The third-order valence-corrected chi connectivity index (χ3v) is 3.50. The fourth-order valence-corrected chi connectivity index (χ4v) is 2.47. The SMILES string of the molecule is Cn1cc(CNC(=O)Cc2csc(CCN)n2)cn1. The molecule has 0 bridgehead atoms. The van der Waals surface area contributed by atoms with Gasteiger partial charge in [-0.15, -0.1) is 11.3 Å². The number of hydrogen-bond acceptors (Lipinski definition) is 5. The van der Waals surface area contributed by atoms with Gasteiger partial charge in [0.05, 0.1) is 23.3 Å². The van der Waals surface area contributed by atoms with E-state index in [2.05, 4.69) is 15.4 Å². The number of thiazole rings is 1. The minimum atomic E-state index is -0.0338. The monoisotopic (exact) mass is 279 g/mol. The third kappa shape index (κ3) is 4.15. The molecule has 2 rings (SSSR count). The molecule has 0 fully saturated rings. The van der Waals surface area contributed by atoms with Crippen LogP contribution in [0.1, 0.15) is 16.3 Å². The summed E-state index contributed by atoms with van der Waals surface area (Å²) in [7, 11) is 1.85. The summed E-state index contributed by atoms with van der Waals surface area (Å²) < 4.78 is 1.71. The molecule has 0 saturated carbocycles. The van der Waals surface area contributed by atoms with Gasteiger partial charge in [-0.3, -0.25) is 9.48 Å². The molecule has 0 radical (unpaired) electrons. The summed E-state index contributed by atoms with van der Waals surface area (Å²) in [6, 6.07) is 0. The van der Waals surface area contributed by atoms with E-state index < -0.39 is 0 Å². The van der Waals surface area contributed by atoms with Crippen LogP contribution in [0.15, 0.2) is 17.8 Å². The van der Waals surface area contributed by atoms with Crippen LogP contribution < -0.4 is 11.1 Å². The number of carbonyl (C=O) groups excluding carboxylic acids is 1. The molecule has 0 aliphatic carbocycles. The summed E-state index contributed by atoms with van der Waals surface area (Å²) in [5.41, 5.74) is 7.25. The highest BCUT2D eigenvalue weighted by molar-refractivity contribution is 7.09. The Bertz CT molecular complexity index is 548. The smallest absolute Gasteiger partial charge is 0.226 e. The highest BCUT2D eigenvalue weighted by Gasteiger charge is 2.07. The highest BCUT2D eigenvalue weighted by atomic mass is 32.1. The Morgan fingerprint density at radius 2 is 2.42 bits per heavy atom. The van der Waals surface area contributed by atoms with Crippen LogP contribution in [0, 0.1) is 0 Å². The van der Waals surface area contributed by atoms with Gasteiger partial charge in [0.25, 0.3) is 0 Å². The Balaban J connectivity index is 1.80. The highest BCUT2D eigenvalue weighted by Crippen LogP contribution is 2.10. The minimum Gasteiger partial charge on any atom is -0.352 e. The van der Waals surface area contributed by atoms with E-state index in [-0.39, 0.29) is 5.91 Å². The van der Waals surface area contributed by atoms with Crippen molar-refractivity contribution in [1.29, 1.82) is 0 Å². The Hall–Kier alpha value is -1.73. The van der Waals surface area contributed by atoms with Gasteiger partial charge < -0.3 is 11.1 Å². The number of rotatable bonds is 6. The number of aromatic nitrogens is 3. The molecule has 2 heterocycles. The van der Waals surface area contributed by atoms with E-state index in [1.165, 1.54) is 0 Å². The molecule has 0 unspecified atom stereocenters. The Morgan fingerprint density at radius 1 is 1.58 bits per heavy atom. The van der Waals surface area contributed by atoms with Crippen molar-refractivity contribution in [3.05, 3.63) is 34.0 Å². The summed E-state index contributed by atoms with van der Waals surface area (Å²) in [5, 5.41) is 9.79. The second kappa shape index (κ2) is 6.44. The van der Waals surface area contributed by atoms with E-state index in [1.54, 1.807) is 22.2 Å². The van der Waals surface area contributed by atoms with Crippen molar-refractivity contribution in [3.63, 3.8) is 0 Å². The first-order valence-corrected chi connectivity index (χ1v) is 6.93. The zero-order valence-corrected chi connectivity index (χ0v) is 11.6. The van der Waals surface area contributed by atoms with Gasteiger partial charge in [0.1, 0.15) is 0 Å². The van der Waals surface area contributed by atoms with E-state index in [1.807, 2.05) is 18.6 Å². The molecule has 19 heavy (non-hydrogen) atoms. The first-order valence-electron chi connectivity index (χ1n) is 6.05. The van der Waals surface area contributed by atoms with E-state index in [0.29, 0.717) is 19.5 Å². The largest absolute Gasteiger partial charge is 0.352 e. The molecule has 0 aliphatic rings. The van der Waals surface area contributed by atoms with Crippen molar-refractivity contribution in [3.8, 4) is 0 Å². The van der Waals surface area contributed by atoms with E-state index >= 15 is 0 Å². The number of carbonyl (C=O) groups is 1. The average Bonchev–Trinajstić information content (AvgIpc) is 2.97. The molecular weight excluding hydrogens is 262 g/mol. The van der Waals surface area contributed by atoms with Crippen molar-refractivity contribution in [1.82, 2.24) is 20.1 Å². The number of nitrogens with two attached hydrogens (primary N) is 1. The van der Waals surface area contributed by atoms with Crippen LogP contribution >= 0.6 is 11.3 Å². The fraction of sp³-hybridized carbons (Fsp3) is 0.417. The molecular formula is C12H17N5OS. The normalized spacial score (nSPS) is 10.6. The van der Waals surface area contributed by atoms with Crippen molar-refractivity contribution in [2.45, 2.75) is 19.4 Å². The third-order valence-electron chi connectivity index (χ3n) is 2.55. The number of hydrogen-bond donors (Lipinski definition) is 2. The summed E-state index contributed by atoms with van der Waals surface area (Å²) in [5.74, 6) is -0.0338. The molecule has 6 nitrogen and oxygen atoms in total. The van der Waals surface area contributed by atoms with Crippen LogP contribution in [-0.2, 0) is 31.2 Å². The molecule has 7 heteroatoms. The minimum absolute atomic E-state index is 0.0338. The predicted molar refractivity (Wildman–Crippen MR) is 73.6 cm³/mol. The van der Waals surface area contributed by atoms with Gasteiger partial charge in [0.2, 0.25) is 5.91 Å². The molecule has 1 amide bonds. The topological polar surface area (TPSA) is 85.8 Å². The van der Waals surface area contributed by atoms with Gasteiger partial charge in [0.15, 0.2) is 0 Å². The molecule has 0 spiro atoms. The molecule has 3 N–H and O–H groups in total. The molecule has 0 atom stereocenters. The zero-order valence-electron chi connectivity index (χ0n) is 10.8. The van der Waals surface area contributed by atoms with Crippen LogP contribution in [0.3, 0.4) is 0 Å². The zero-order chi connectivity index (χ0) is 13.7. The van der Waals surface area contributed by atoms with Crippen LogP contribution in [0.5, 0.6) is 0 Å². The van der Waals surface area contributed by atoms with Crippen LogP contribution in [0.25, 0.3) is 0 Å². The number of aryl methyl sites for hydroxylation is 1. The summed E-state index contributed by atoms with van der Waals surface area (Å²) in [6.07, 6.45) is 4.69. The maximum Gasteiger partial charge on any atom is 0.226 e. The lowest BCUT2D eigenvalue weighted by molar-refractivity contribution is -0.120. The first-order chi connectivity index (χ1) is 9.17. The predicted octanol–water partition coefficient (Wildman–Crippen LogP) is 0.237. The Labute approximate surface area is 115 Å². The lowest BCUT2D eigenvalue weighted by Crippen LogP contribution is -2.24. The number of nitrogens with zero attached hydrogens (tertiary/aromatic N) is 3. The summed E-state index contributed by atoms with van der Waals surface area (Å²) >= 11 is 1.55. The maximum absolute atomic E-state index is 11.8. The van der Waals surface area contributed by atoms with E-state index in [9.17, 15) is 4.79 Å². The fourth-order valence-electron chi connectivity index (χ4n) is 1.66. The average molecular weight is 279 g/mol. The van der Waals surface area contributed by atoms with Gasteiger partial charge in [-0.2, -0.15) is 5.10 Å². The van der Waals surface area contributed by atoms with Gasteiger partial charge in [-0.25, -0.2) is 4.98 Å². The lowest BCUT2D eigenvalue weighted by atomic mass is 10.3. The van der Waals surface area contributed by atoms with Crippen molar-refractivity contribution >= 4 is 17.2 Å². The second-order valence-corrected chi connectivity index (χ2v) is 5.19. The second-order valence-electron chi connectivity index (χ2n) is 4.25. The van der Waals surface area contributed by atoms with E-state index in [0.717, 1.165) is 22.7 Å². The number of nitrogens with one attached hydrogen (secondary N) is 1. The standard InChI is InChI=1S/C12H17N5OS/c1-17-7-9(6-15-17)5-14-11(18)4-10-8-19-12(16-10)2-3-13/h6-8H,2-5,13H2,1H3,(H,14,18). The molecule has 0 saturated heterocycles. The molecule has 0 aromatic carbocycles. The summed E-state index contributed by atoms with van der Waals surface area (Å²) in [6.45, 7) is 1.08. The Morgan fingerprint density at radius 3 is 3.11 bits per heavy atom. The molecule has 2 aromatic heterocycles. The van der Waals surface area contributed by atoms with Gasteiger partial charge in [-0.1, -0.05) is 0 Å². The molecule has 2 aromatic rings. The van der Waals surface area contributed by atoms with Crippen molar-refractivity contribution < 1.29 is 4.79 Å². The summed E-state index contributed by atoms with van der Waals surface area (Å²) in [4.78, 5) is 16.1. The van der Waals surface area contributed by atoms with Gasteiger partial charge >= 0.3 is 0 Å². The maximum atomic E-state index is 11.8. The van der Waals surface area contributed by atoms with Crippen LogP contribution in [-0.4, -0.2) is 27.2 Å². The molecule has 0 aliphatic heterocycles. The quantitative estimate of drug-likeness (QED) is 0.793. The van der Waals surface area contributed by atoms with Crippen molar-refractivity contribution in [2.75, 3.05) is 6.54 Å². The molecule has 102 valence electrons. The van der Waals surface area contributed by atoms with Crippen molar-refractivity contribution in [2.24, 2.45) is 12.8 Å². The van der Waals surface area contributed by atoms with Gasteiger partial charge in [-0.05, 0) is 6.54 Å². The van der Waals surface area contributed by atoms with Gasteiger partial charge in [0, 0.05) is 37.2 Å². The Kier molecular flexibility index (Phi) is 4.64. The first kappa shape index (κ1) is 13.7. The number of amides is 1. The van der Waals surface area contributed by atoms with Crippen LogP contribution in [0.4, 0.5) is 0 Å². The lowest BCUT2D eigenvalue weighted by Gasteiger charge is -2.01.